The second kappa shape index (κ2) is 6.45. The number of rotatable bonds is 5. The average molecular weight is 326 g/mol. The first kappa shape index (κ1) is 16.4. The van der Waals surface area contributed by atoms with Crippen LogP contribution < -0.4 is 11.1 Å². The molecule has 0 bridgehead atoms. The maximum atomic E-state index is 12.0. The number of hydrogen-bond donors (Lipinski definition) is 2. The minimum Gasteiger partial charge on any atom is -0.356 e. The van der Waals surface area contributed by atoms with Gasteiger partial charge in [-0.25, -0.2) is 4.79 Å². The van der Waals surface area contributed by atoms with Gasteiger partial charge in [0, 0.05) is 12.5 Å². The number of aryl methyl sites for hydroxylation is 1. The first-order valence-electron chi connectivity index (χ1n) is 6.88. The summed E-state index contributed by atoms with van der Waals surface area (Å²) in [4.78, 5) is 23.2. The highest BCUT2D eigenvalue weighted by molar-refractivity contribution is 7.87. The van der Waals surface area contributed by atoms with Gasteiger partial charge in [-0.15, -0.1) is 0 Å². The van der Waals surface area contributed by atoms with Gasteiger partial charge in [-0.05, 0) is 31.9 Å². The first-order chi connectivity index (χ1) is 10.3. The van der Waals surface area contributed by atoms with Crippen LogP contribution in [0.4, 0.5) is 0 Å². The van der Waals surface area contributed by atoms with Crippen LogP contribution in [0, 0.1) is 12.8 Å². The Labute approximate surface area is 129 Å². The fourth-order valence-electron chi connectivity index (χ4n) is 2.20. The van der Waals surface area contributed by atoms with Crippen LogP contribution in [0.5, 0.6) is 0 Å². The number of carbonyl (C=O) groups is 2. The largest absolute Gasteiger partial charge is 0.356 e. The minimum atomic E-state index is -4.20. The molecule has 1 saturated heterocycles. The Morgan fingerprint density at radius 3 is 2.59 bits per heavy atom. The molecule has 1 fully saturated rings. The summed E-state index contributed by atoms with van der Waals surface area (Å²) in [6.45, 7) is 2.35. The number of hydrogen-bond acceptors (Lipinski definition) is 6. The van der Waals surface area contributed by atoms with E-state index in [9.17, 15) is 18.0 Å². The summed E-state index contributed by atoms with van der Waals surface area (Å²) in [5.74, 6) is -1.62. The molecule has 8 heteroatoms. The van der Waals surface area contributed by atoms with Crippen LogP contribution in [-0.4, -0.2) is 32.9 Å². The van der Waals surface area contributed by atoms with E-state index in [0.717, 1.165) is 5.56 Å². The van der Waals surface area contributed by atoms with Crippen molar-refractivity contribution in [1.82, 2.24) is 5.32 Å². The zero-order valence-corrected chi connectivity index (χ0v) is 12.9. The van der Waals surface area contributed by atoms with Gasteiger partial charge in [0.05, 0.1) is 0 Å². The van der Waals surface area contributed by atoms with Gasteiger partial charge >= 0.3 is 16.1 Å². The molecule has 1 aliphatic heterocycles. The van der Waals surface area contributed by atoms with Crippen LogP contribution in [0.1, 0.15) is 18.4 Å². The smallest absolute Gasteiger partial charge is 0.341 e. The highest BCUT2D eigenvalue weighted by Gasteiger charge is 2.31. The fourth-order valence-corrected chi connectivity index (χ4v) is 3.10. The van der Waals surface area contributed by atoms with E-state index in [-0.39, 0.29) is 23.1 Å². The summed E-state index contributed by atoms with van der Waals surface area (Å²) >= 11 is 0. The molecule has 0 aromatic heterocycles. The maximum Gasteiger partial charge on any atom is 0.341 e. The molecule has 2 atom stereocenters. The van der Waals surface area contributed by atoms with Crippen LogP contribution in [0.2, 0.25) is 0 Å². The lowest BCUT2D eigenvalue weighted by Gasteiger charge is -2.14. The van der Waals surface area contributed by atoms with Crippen LogP contribution in [-0.2, 0) is 23.9 Å². The summed E-state index contributed by atoms with van der Waals surface area (Å²) < 4.78 is 28.5. The molecule has 0 unspecified atom stereocenters. The monoisotopic (exact) mass is 326 g/mol. The predicted molar refractivity (Wildman–Crippen MR) is 78.2 cm³/mol. The molecule has 2 rings (SSSR count). The number of nitrogens with one attached hydrogen (secondary N) is 1. The quantitative estimate of drug-likeness (QED) is 0.740. The molecule has 0 radical (unpaired) electrons. The maximum absolute atomic E-state index is 12.0. The molecule has 22 heavy (non-hydrogen) atoms. The van der Waals surface area contributed by atoms with E-state index < -0.39 is 22.1 Å². The van der Waals surface area contributed by atoms with Crippen LogP contribution >= 0.6 is 0 Å². The zero-order valence-electron chi connectivity index (χ0n) is 12.1. The molecule has 1 heterocycles. The van der Waals surface area contributed by atoms with Crippen LogP contribution in [0.3, 0.4) is 0 Å². The third-order valence-electron chi connectivity index (χ3n) is 3.51. The second-order valence-electron chi connectivity index (χ2n) is 5.29. The van der Waals surface area contributed by atoms with E-state index >= 15 is 0 Å². The Morgan fingerprint density at radius 2 is 2.05 bits per heavy atom. The van der Waals surface area contributed by atoms with Crippen molar-refractivity contribution in [1.29, 1.82) is 0 Å². The summed E-state index contributed by atoms with van der Waals surface area (Å²) in [7, 11) is -4.20. The number of nitrogens with two attached hydrogens (primary N) is 1. The van der Waals surface area contributed by atoms with Crippen molar-refractivity contribution in [3.05, 3.63) is 29.8 Å². The van der Waals surface area contributed by atoms with E-state index in [4.69, 9.17) is 5.73 Å². The minimum absolute atomic E-state index is 0.0636. The Hall–Kier alpha value is -1.93. The molecular weight excluding hydrogens is 308 g/mol. The fraction of sp³-hybridized carbons (Fsp3) is 0.429. The molecule has 1 aliphatic rings. The van der Waals surface area contributed by atoms with Crippen molar-refractivity contribution in [2.45, 2.75) is 30.7 Å². The van der Waals surface area contributed by atoms with Gasteiger partial charge in [0.15, 0.2) is 0 Å². The zero-order chi connectivity index (χ0) is 16.3. The van der Waals surface area contributed by atoms with E-state index in [0.29, 0.717) is 13.0 Å². The van der Waals surface area contributed by atoms with Crippen LogP contribution in [0.25, 0.3) is 0 Å². The SMILES string of the molecule is Cc1ccc(S(=O)(=O)OC(=O)[C@@H](N)C[C@@H]2CCNC2=O)cc1. The van der Waals surface area contributed by atoms with Gasteiger partial charge in [-0.3, -0.25) is 4.79 Å². The Kier molecular flexibility index (Phi) is 4.82. The third-order valence-corrected chi connectivity index (χ3v) is 4.74. The topological polar surface area (TPSA) is 116 Å². The van der Waals surface area contributed by atoms with Crippen molar-refractivity contribution in [3.63, 3.8) is 0 Å². The molecule has 1 aromatic carbocycles. The lowest BCUT2D eigenvalue weighted by Crippen LogP contribution is -2.37. The lowest BCUT2D eigenvalue weighted by molar-refractivity contribution is -0.135. The molecular formula is C14H18N2O5S. The molecule has 1 amide bonds. The molecule has 7 nitrogen and oxygen atoms in total. The molecule has 1 aromatic rings. The average Bonchev–Trinajstić information content (AvgIpc) is 2.84. The van der Waals surface area contributed by atoms with Crippen LogP contribution in [0.15, 0.2) is 29.2 Å². The molecule has 3 N–H and O–H groups in total. The molecule has 0 saturated carbocycles. The summed E-state index contributed by atoms with van der Waals surface area (Å²) in [6.07, 6.45) is 0.638. The number of carbonyl (C=O) groups excluding carboxylic acids is 2. The summed E-state index contributed by atoms with van der Waals surface area (Å²) in [5, 5.41) is 2.63. The highest BCUT2D eigenvalue weighted by Crippen LogP contribution is 2.18. The van der Waals surface area contributed by atoms with Gasteiger partial charge < -0.3 is 15.2 Å². The van der Waals surface area contributed by atoms with E-state index in [2.05, 4.69) is 9.50 Å². The highest BCUT2D eigenvalue weighted by atomic mass is 32.2. The number of amides is 1. The van der Waals surface area contributed by atoms with Gasteiger partial charge in [0.25, 0.3) is 0 Å². The van der Waals surface area contributed by atoms with Crippen molar-refractivity contribution < 1.29 is 22.2 Å². The van der Waals surface area contributed by atoms with E-state index in [1.54, 1.807) is 12.1 Å². The van der Waals surface area contributed by atoms with Crippen molar-refractivity contribution >= 4 is 22.0 Å². The molecule has 0 aliphatic carbocycles. The Morgan fingerprint density at radius 1 is 1.41 bits per heavy atom. The predicted octanol–water partition coefficient (Wildman–Crippen LogP) is 0.0804. The Balaban J connectivity index is 2.00. The van der Waals surface area contributed by atoms with Gasteiger partial charge in [0.2, 0.25) is 5.91 Å². The van der Waals surface area contributed by atoms with Crippen molar-refractivity contribution in [3.8, 4) is 0 Å². The third kappa shape index (κ3) is 3.83. The molecule has 0 spiro atoms. The van der Waals surface area contributed by atoms with Gasteiger partial charge in [-0.2, -0.15) is 8.42 Å². The summed E-state index contributed by atoms with van der Waals surface area (Å²) in [5.41, 5.74) is 6.53. The van der Waals surface area contributed by atoms with E-state index in [1.165, 1.54) is 12.1 Å². The lowest BCUT2D eigenvalue weighted by atomic mass is 9.99. The van der Waals surface area contributed by atoms with Crippen molar-refractivity contribution in [2.24, 2.45) is 11.7 Å². The number of benzene rings is 1. The standard InChI is InChI=1S/C14H18N2O5S/c1-9-2-4-11(5-3-9)22(19,20)21-14(18)12(15)8-10-6-7-16-13(10)17/h2-5,10,12H,6-8,15H2,1H3,(H,16,17)/t10-,12-/m0/s1. The summed E-state index contributed by atoms with van der Waals surface area (Å²) in [6, 6.07) is 4.75. The normalized spacial score (nSPS) is 19.5. The van der Waals surface area contributed by atoms with Gasteiger partial charge in [0.1, 0.15) is 10.9 Å². The Bertz CT molecular complexity index is 669. The van der Waals surface area contributed by atoms with Gasteiger partial charge in [-0.1, -0.05) is 17.7 Å². The van der Waals surface area contributed by atoms with E-state index in [1.807, 2.05) is 6.92 Å². The first-order valence-corrected chi connectivity index (χ1v) is 8.29. The van der Waals surface area contributed by atoms with Crippen molar-refractivity contribution in [2.75, 3.05) is 6.54 Å². The second-order valence-corrected chi connectivity index (χ2v) is 6.83. The molecule has 120 valence electrons.